The lowest BCUT2D eigenvalue weighted by molar-refractivity contribution is -0.139. The van der Waals surface area contributed by atoms with E-state index in [4.69, 9.17) is 9.47 Å². The van der Waals surface area contributed by atoms with Crippen LogP contribution in [0.3, 0.4) is 0 Å². The van der Waals surface area contributed by atoms with Gasteiger partial charge in [-0.2, -0.15) is 0 Å². The third kappa shape index (κ3) is 7.61. The number of ether oxygens (including phenoxy) is 2. The second kappa shape index (κ2) is 12.6. The highest BCUT2D eigenvalue weighted by atomic mass is 32.2. The Morgan fingerprint density at radius 1 is 1.06 bits per heavy atom. The Kier molecular flexibility index (Phi) is 10.2. The van der Waals surface area contributed by atoms with Gasteiger partial charge in [-0.1, -0.05) is 36.8 Å². The number of methoxy groups -OCH3 is 2. The number of rotatable bonds is 12. The Hall–Kier alpha value is -3.27. The highest BCUT2D eigenvalue weighted by Crippen LogP contribution is 2.33. The number of sulfonamides is 1. The molecule has 2 aromatic carbocycles. The molecule has 0 aliphatic rings. The molecule has 0 aliphatic heterocycles. The number of benzene rings is 2. The molecule has 0 fully saturated rings. The van der Waals surface area contributed by atoms with Crippen LogP contribution in [0.2, 0.25) is 0 Å². The summed E-state index contributed by atoms with van der Waals surface area (Å²) in [7, 11) is -0.987. The molecule has 0 saturated heterocycles. The third-order valence-electron chi connectivity index (χ3n) is 5.94. The molecule has 0 bridgehead atoms. The zero-order valence-electron chi connectivity index (χ0n) is 22.1. The number of anilines is 1. The zero-order valence-corrected chi connectivity index (χ0v) is 22.9. The average Bonchev–Trinajstić information content (AvgIpc) is 2.84. The Labute approximate surface area is 214 Å². The summed E-state index contributed by atoms with van der Waals surface area (Å²) in [6.07, 6.45) is 1.76. The molecule has 0 aliphatic carbocycles. The maximum absolute atomic E-state index is 13.7. The van der Waals surface area contributed by atoms with Crippen molar-refractivity contribution in [1.82, 2.24) is 10.2 Å². The fraction of sp³-hybridized carbons (Fsp3) is 0.462. The lowest BCUT2D eigenvalue weighted by atomic mass is 10.1. The van der Waals surface area contributed by atoms with Crippen LogP contribution in [0.5, 0.6) is 11.5 Å². The molecule has 2 amide bonds. The molecule has 9 nitrogen and oxygen atoms in total. The van der Waals surface area contributed by atoms with Crippen molar-refractivity contribution in [2.45, 2.75) is 52.7 Å². The van der Waals surface area contributed by atoms with E-state index in [0.717, 1.165) is 28.1 Å². The van der Waals surface area contributed by atoms with Crippen molar-refractivity contribution in [1.29, 1.82) is 0 Å². The van der Waals surface area contributed by atoms with Crippen molar-refractivity contribution in [2.75, 3.05) is 31.3 Å². The molecule has 0 aromatic heterocycles. The normalized spacial score (nSPS) is 12.9. The van der Waals surface area contributed by atoms with Crippen molar-refractivity contribution in [3.63, 3.8) is 0 Å². The third-order valence-corrected chi connectivity index (χ3v) is 7.06. The van der Waals surface area contributed by atoms with Gasteiger partial charge >= 0.3 is 0 Å². The van der Waals surface area contributed by atoms with Crippen LogP contribution in [-0.2, 0) is 26.2 Å². The van der Waals surface area contributed by atoms with Gasteiger partial charge in [0.25, 0.3) is 0 Å². The predicted octanol–water partition coefficient (Wildman–Crippen LogP) is 3.11. The van der Waals surface area contributed by atoms with E-state index in [1.807, 2.05) is 45.0 Å². The minimum atomic E-state index is -3.88. The summed E-state index contributed by atoms with van der Waals surface area (Å²) in [6.45, 7) is 7.07. The number of nitrogens with zero attached hydrogens (tertiary/aromatic N) is 2. The van der Waals surface area contributed by atoms with Gasteiger partial charge in [-0.25, -0.2) is 8.42 Å². The summed E-state index contributed by atoms with van der Waals surface area (Å²) in [5, 5.41) is 2.91. The molecule has 2 rings (SSSR count). The summed E-state index contributed by atoms with van der Waals surface area (Å²) < 4.78 is 37.2. The first-order chi connectivity index (χ1) is 16.9. The molecule has 36 heavy (non-hydrogen) atoms. The summed E-state index contributed by atoms with van der Waals surface area (Å²) in [6, 6.07) is 11.4. The topological polar surface area (TPSA) is 105 Å². The number of aryl methyl sites for hydroxylation is 1. The number of carbonyl (C=O) groups excluding carboxylic acids is 2. The molecule has 0 spiro atoms. The largest absolute Gasteiger partial charge is 0.497 e. The monoisotopic (exact) mass is 519 g/mol. The van der Waals surface area contributed by atoms with Gasteiger partial charge < -0.3 is 19.7 Å². The van der Waals surface area contributed by atoms with E-state index >= 15 is 0 Å². The van der Waals surface area contributed by atoms with Crippen molar-refractivity contribution in [3.8, 4) is 11.5 Å². The molecule has 10 heteroatoms. The molecule has 0 unspecified atom stereocenters. The first kappa shape index (κ1) is 29.0. The van der Waals surface area contributed by atoms with Crippen molar-refractivity contribution in [2.24, 2.45) is 0 Å². The van der Waals surface area contributed by atoms with Crippen LogP contribution >= 0.6 is 0 Å². The van der Waals surface area contributed by atoms with E-state index in [0.29, 0.717) is 5.75 Å². The van der Waals surface area contributed by atoms with Crippen LogP contribution in [0, 0.1) is 6.92 Å². The van der Waals surface area contributed by atoms with Gasteiger partial charge in [0.05, 0.1) is 26.2 Å². The summed E-state index contributed by atoms with van der Waals surface area (Å²) >= 11 is 0. The number of nitrogens with one attached hydrogen (secondary N) is 1. The standard InChI is InChI=1S/C26H37N3O6S/c1-8-19(3)27-26(31)20(4)28(16-21-11-9-10-18(2)14-21)25(30)17-29(36(7,32)33)23-13-12-22(34-5)15-24(23)35-6/h9-15,19-20H,8,16-17H2,1-7H3,(H,27,31)/t19-,20-/m0/s1. The minimum Gasteiger partial charge on any atom is -0.497 e. The van der Waals surface area contributed by atoms with Gasteiger partial charge in [-0.15, -0.1) is 0 Å². The molecular formula is C26H37N3O6S. The lowest BCUT2D eigenvalue weighted by Crippen LogP contribution is -2.52. The van der Waals surface area contributed by atoms with Crippen LogP contribution in [0.1, 0.15) is 38.3 Å². The van der Waals surface area contributed by atoms with Crippen molar-refractivity contribution in [3.05, 3.63) is 53.6 Å². The number of hydrogen-bond acceptors (Lipinski definition) is 6. The maximum Gasteiger partial charge on any atom is 0.244 e. The zero-order chi connectivity index (χ0) is 27.0. The predicted molar refractivity (Wildman–Crippen MR) is 141 cm³/mol. The Bertz CT molecular complexity index is 1170. The molecule has 2 atom stereocenters. The van der Waals surface area contributed by atoms with E-state index in [1.165, 1.54) is 25.2 Å². The van der Waals surface area contributed by atoms with Crippen LogP contribution in [0.25, 0.3) is 0 Å². The van der Waals surface area contributed by atoms with Crippen molar-refractivity contribution >= 4 is 27.5 Å². The summed E-state index contributed by atoms with van der Waals surface area (Å²) in [5.41, 5.74) is 2.04. The number of carbonyl (C=O) groups is 2. The summed E-state index contributed by atoms with van der Waals surface area (Å²) in [5.74, 6) is -0.114. The highest BCUT2D eigenvalue weighted by Gasteiger charge is 2.31. The number of amides is 2. The Morgan fingerprint density at radius 3 is 2.31 bits per heavy atom. The van der Waals surface area contributed by atoms with Gasteiger partial charge in [0.2, 0.25) is 21.8 Å². The highest BCUT2D eigenvalue weighted by molar-refractivity contribution is 7.92. The molecule has 0 radical (unpaired) electrons. The summed E-state index contributed by atoms with van der Waals surface area (Å²) in [4.78, 5) is 28.0. The second-order valence-corrected chi connectivity index (χ2v) is 10.7. The van der Waals surface area contributed by atoms with E-state index < -0.39 is 28.5 Å². The van der Waals surface area contributed by atoms with Crippen LogP contribution in [-0.4, -0.2) is 64.2 Å². The molecule has 2 aromatic rings. The molecule has 0 heterocycles. The fourth-order valence-electron chi connectivity index (χ4n) is 3.64. The molecular weight excluding hydrogens is 482 g/mol. The quantitative estimate of drug-likeness (QED) is 0.462. The van der Waals surface area contributed by atoms with E-state index in [-0.39, 0.29) is 29.9 Å². The second-order valence-electron chi connectivity index (χ2n) is 8.81. The first-order valence-corrected chi connectivity index (χ1v) is 13.6. The first-order valence-electron chi connectivity index (χ1n) is 11.8. The fourth-order valence-corrected chi connectivity index (χ4v) is 4.49. The molecule has 0 saturated carbocycles. The molecule has 198 valence electrons. The Balaban J connectivity index is 2.46. The average molecular weight is 520 g/mol. The van der Waals surface area contributed by atoms with Crippen LogP contribution in [0.4, 0.5) is 5.69 Å². The molecule has 1 N–H and O–H groups in total. The van der Waals surface area contributed by atoms with Gasteiger partial charge in [0, 0.05) is 18.7 Å². The van der Waals surface area contributed by atoms with Gasteiger partial charge in [-0.05, 0) is 44.9 Å². The maximum atomic E-state index is 13.7. The van der Waals surface area contributed by atoms with Crippen molar-refractivity contribution < 1.29 is 27.5 Å². The SMILES string of the molecule is CC[C@H](C)NC(=O)[C@H](C)N(Cc1cccc(C)c1)C(=O)CN(c1ccc(OC)cc1OC)S(C)(=O)=O. The van der Waals surface area contributed by atoms with Crippen LogP contribution in [0.15, 0.2) is 42.5 Å². The van der Waals surface area contributed by atoms with Gasteiger partial charge in [-0.3, -0.25) is 13.9 Å². The van der Waals surface area contributed by atoms with Gasteiger partial charge in [0.15, 0.2) is 0 Å². The van der Waals surface area contributed by atoms with E-state index in [2.05, 4.69) is 5.32 Å². The van der Waals surface area contributed by atoms with E-state index in [9.17, 15) is 18.0 Å². The smallest absolute Gasteiger partial charge is 0.244 e. The minimum absolute atomic E-state index is 0.0630. The van der Waals surface area contributed by atoms with Gasteiger partial charge in [0.1, 0.15) is 24.1 Å². The van der Waals surface area contributed by atoms with Crippen LogP contribution < -0.4 is 19.1 Å². The number of hydrogen-bond donors (Lipinski definition) is 1. The lowest BCUT2D eigenvalue weighted by Gasteiger charge is -2.32. The van der Waals surface area contributed by atoms with E-state index in [1.54, 1.807) is 19.1 Å². The Morgan fingerprint density at radius 2 is 1.75 bits per heavy atom.